The van der Waals surface area contributed by atoms with Crippen LogP contribution in [-0.2, 0) is 0 Å². The first-order valence-electron chi connectivity index (χ1n) is 5.05. The zero-order chi connectivity index (χ0) is 9.97. The van der Waals surface area contributed by atoms with E-state index in [9.17, 15) is 0 Å². The predicted molar refractivity (Wildman–Crippen MR) is 60.0 cm³/mol. The van der Waals surface area contributed by atoms with Crippen LogP contribution in [0.2, 0.25) is 0 Å². The standard InChI is InChI=1S/C10H15N3S/c1-8-2-4-13(5-3-8)9-6-10(14)12-7-11-9/h6-8H,2-5H2,1H3,(H,11,12,14). The summed E-state index contributed by atoms with van der Waals surface area (Å²) in [6, 6.07) is 1.94. The highest BCUT2D eigenvalue weighted by molar-refractivity contribution is 7.71. The SMILES string of the molecule is CC1CCN(c2cc(=S)nc[nH]2)CC1. The lowest BCUT2D eigenvalue weighted by Crippen LogP contribution is -2.33. The summed E-state index contributed by atoms with van der Waals surface area (Å²) >= 11 is 5.03. The molecule has 14 heavy (non-hydrogen) atoms. The van der Waals surface area contributed by atoms with E-state index < -0.39 is 0 Å². The molecule has 0 spiro atoms. The third-order valence-electron chi connectivity index (χ3n) is 2.79. The number of aromatic amines is 1. The van der Waals surface area contributed by atoms with Gasteiger partial charge >= 0.3 is 0 Å². The second-order valence-electron chi connectivity index (χ2n) is 3.94. The normalized spacial score (nSPS) is 18.5. The zero-order valence-electron chi connectivity index (χ0n) is 8.36. The van der Waals surface area contributed by atoms with E-state index in [0.717, 1.165) is 24.8 Å². The Morgan fingerprint density at radius 1 is 1.50 bits per heavy atom. The number of hydrogen-bond donors (Lipinski definition) is 1. The molecule has 0 saturated carbocycles. The third kappa shape index (κ3) is 2.12. The van der Waals surface area contributed by atoms with Gasteiger partial charge in [0.2, 0.25) is 0 Å². The summed E-state index contributed by atoms with van der Waals surface area (Å²) in [5.41, 5.74) is 0. The fourth-order valence-electron chi connectivity index (χ4n) is 1.79. The van der Waals surface area contributed by atoms with Crippen molar-refractivity contribution in [3.8, 4) is 0 Å². The predicted octanol–water partition coefficient (Wildman–Crippen LogP) is 2.38. The molecule has 0 bridgehead atoms. The monoisotopic (exact) mass is 209 g/mol. The summed E-state index contributed by atoms with van der Waals surface area (Å²) in [5.74, 6) is 1.97. The molecular formula is C10H15N3S. The first-order valence-corrected chi connectivity index (χ1v) is 5.46. The van der Waals surface area contributed by atoms with Gasteiger partial charge in [0.1, 0.15) is 10.5 Å². The molecule has 1 fully saturated rings. The average molecular weight is 209 g/mol. The van der Waals surface area contributed by atoms with Gasteiger partial charge in [-0.2, -0.15) is 0 Å². The summed E-state index contributed by atoms with van der Waals surface area (Å²) in [6.07, 6.45) is 4.21. The second kappa shape index (κ2) is 4.09. The fourth-order valence-corrected chi connectivity index (χ4v) is 1.95. The van der Waals surface area contributed by atoms with Gasteiger partial charge in [-0.15, -0.1) is 0 Å². The van der Waals surface area contributed by atoms with Crippen molar-refractivity contribution < 1.29 is 0 Å². The lowest BCUT2D eigenvalue weighted by Gasteiger charge is -2.31. The van der Waals surface area contributed by atoms with Crippen LogP contribution in [0, 0.1) is 10.6 Å². The van der Waals surface area contributed by atoms with Crippen LogP contribution in [0.25, 0.3) is 0 Å². The van der Waals surface area contributed by atoms with E-state index in [1.165, 1.54) is 12.8 Å². The van der Waals surface area contributed by atoms with Crippen molar-refractivity contribution in [3.05, 3.63) is 17.0 Å². The molecule has 0 aliphatic carbocycles. The van der Waals surface area contributed by atoms with E-state index in [4.69, 9.17) is 12.2 Å². The number of rotatable bonds is 1. The molecule has 0 radical (unpaired) electrons. The van der Waals surface area contributed by atoms with E-state index in [-0.39, 0.29) is 0 Å². The summed E-state index contributed by atoms with van der Waals surface area (Å²) in [5, 5.41) is 0. The molecule has 0 amide bonds. The minimum Gasteiger partial charge on any atom is -0.358 e. The molecular weight excluding hydrogens is 194 g/mol. The maximum atomic E-state index is 5.03. The number of nitrogens with zero attached hydrogens (tertiary/aromatic N) is 2. The molecule has 0 atom stereocenters. The number of piperidine rings is 1. The molecule has 1 aromatic rings. The van der Waals surface area contributed by atoms with E-state index >= 15 is 0 Å². The van der Waals surface area contributed by atoms with Crippen LogP contribution in [-0.4, -0.2) is 23.1 Å². The first kappa shape index (κ1) is 9.65. The van der Waals surface area contributed by atoms with Crippen molar-refractivity contribution in [3.63, 3.8) is 0 Å². The molecule has 76 valence electrons. The summed E-state index contributed by atoms with van der Waals surface area (Å²) < 4.78 is 0.664. The molecule has 1 N–H and O–H groups in total. The summed E-state index contributed by atoms with van der Waals surface area (Å²) in [7, 11) is 0. The molecule has 0 unspecified atom stereocenters. The number of H-pyrrole nitrogens is 1. The van der Waals surface area contributed by atoms with Gasteiger partial charge in [0.25, 0.3) is 0 Å². The van der Waals surface area contributed by atoms with E-state index in [1.54, 1.807) is 6.33 Å². The van der Waals surface area contributed by atoms with E-state index in [2.05, 4.69) is 21.8 Å². The van der Waals surface area contributed by atoms with Crippen LogP contribution >= 0.6 is 12.2 Å². The molecule has 1 aromatic heterocycles. The molecule has 3 nitrogen and oxygen atoms in total. The minimum atomic E-state index is 0.664. The Morgan fingerprint density at radius 2 is 2.21 bits per heavy atom. The van der Waals surface area contributed by atoms with Crippen LogP contribution in [0.4, 0.5) is 5.82 Å². The highest BCUT2D eigenvalue weighted by atomic mass is 32.1. The molecule has 1 saturated heterocycles. The molecule has 0 aromatic carbocycles. The van der Waals surface area contributed by atoms with Gasteiger partial charge in [-0.05, 0) is 18.8 Å². The molecule has 1 aliphatic rings. The maximum absolute atomic E-state index is 5.03. The van der Waals surface area contributed by atoms with Crippen LogP contribution in [0.3, 0.4) is 0 Å². The van der Waals surface area contributed by atoms with Gasteiger partial charge in [0, 0.05) is 19.2 Å². The zero-order valence-corrected chi connectivity index (χ0v) is 9.18. The van der Waals surface area contributed by atoms with Gasteiger partial charge < -0.3 is 9.88 Å². The van der Waals surface area contributed by atoms with Crippen LogP contribution in [0.15, 0.2) is 12.4 Å². The van der Waals surface area contributed by atoms with Crippen LogP contribution < -0.4 is 4.90 Å². The second-order valence-corrected chi connectivity index (χ2v) is 4.36. The van der Waals surface area contributed by atoms with Crippen molar-refractivity contribution in [1.82, 2.24) is 9.97 Å². The third-order valence-corrected chi connectivity index (χ3v) is 3.01. The number of anilines is 1. The maximum Gasteiger partial charge on any atom is 0.131 e. The Morgan fingerprint density at radius 3 is 2.86 bits per heavy atom. The average Bonchev–Trinajstić information content (AvgIpc) is 2.19. The van der Waals surface area contributed by atoms with E-state index in [0.29, 0.717) is 4.64 Å². The van der Waals surface area contributed by atoms with Crippen LogP contribution in [0.5, 0.6) is 0 Å². The largest absolute Gasteiger partial charge is 0.358 e. The Kier molecular flexibility index (Phi) is 2.82. The van der Waals surface area contributed by atoms with Gasteiger partial charge in [-0.25, -0.2) is 4.98 Å². The summed E-state index contributed by atoms with van der Waals surface area (Å²) in [6.45, 7) is 4.55. The lowest BCUT2D eigenvalue weighted by atomic mass is 9.99. The first-order chi connectivity index (χ1) is 6.75. The number of nitrogens with one attached hydrogen (secondary N) is 1. The highest BCUT2D eigenvalue weighted by Crippen LogP contribution is 2.20. The van der Waals surface area contributed by atoms with Crippen molar-refractivity contribution in [2.24, 2.45) is 5.92 Å². The minimum absolute atomic E-state index is 0.664. The lowest BCUT2D eigenvalue weighted by molar-refractivity contribution is 0.436. The van der Waals surface area contributed by atoms with Crippen LogP contribution in [0.1, 0.15) is 19.8 Å². The van der Waals surface area contributed by atoms with Gasteiger partial charge in [-0.1, -0.05) is 19.1 Å². The van der Waals surface area contributed by atoms with Gasteiger partial charge in [0.15, 0.2) is 0 Å². The van der Waals surface area contributed by atoms with Crippen molar-refractivity contribution in [2.45, 2.75) is 19.8 Å². The Bertz CT molecular complexity index is 352. The smallest absolute Gasteiger partial charge is 0.131 e. The Labute approximate surface area is 89.2 Å². The highest BCUT2D eigenvalue weighted by Gasteiger charge is 2.15. The van der Waals surface area contributed by atoms with Crippen molar-refractivity contribution >= 4 is 18.0 Å². The molecule has 2 heterocycles. The molecule has 1 aliphatic heterocycles. The molecule has 4 heteroatoms. The number of aromatic nitrogens is 2. The van der Waals surface area contributed by atoms with E-state index in [1.807, 2.05) is 6.07 Å². The number of hydrogen-bond acceptors (Lipinski definition) is 3. The topological polar surface area (TPSA) is 31.9 Å². The Balaban J connectivity index is 2.12. The fraction of sp³-hybridized carbons (Fsp3) is 0.600. The quantitative estimate of drug-likeness (QED) is 0.721. The summed E-state index contributed by atoms with van der Waals surface area (Å²) in [4.78, 5) is 9.47. The van der Waals surface area contributed by atoms with Gasteiger partial charge in [0.05, 0.1) is 6.33 Å². The van der Waals surface area contributed by atoms with Gasteiger partial charge in [-0.3, -0.25) is 0 Å². The van der Waals surface area contributed by atoms with Crippen molar-refractivity contribution in [2.75, 3.05) is 18.0 Å². The Hall–Kier alpha value is -0.900. The molecule has 2 rings (SSSR count). The van der Waals surface area contributed by atoms with Crippen molar-refractivity contribution in [1.29, 1.82) is 0 Å².